The Hall–Kier alpha value is -0.660. The highest BCUT2D eigenvalue weighted by atomic mass is 35.5. The van der Waals surface area contributed by atoms with Gasteiger partial charge in [0.1, 0.15) is 18.5 Å². The van der Waals surface area contributed by atoms with Crippen LogP contribution in [0, 0.1) is 16.0 Å². The van der Waals surface area contributed by atoms with Gasteiger partial charge >= 0.3 is 5.95 Å². The number of alkyl halides is 2. The van der Waals surface area contributed by atoms with Crippen LogP contribution in [-0.4, -0.2) is 49.2 Å². The Balaban J connectivity index is 1.85. The van der Waals surface area contributed by atoms with Gasteiger partial charge in [0.25, 0.3) is 7.52 Å². The molecule has 0 aliphatic heterocycles. The molecule has 2 aliphatic carbocycles. The first-order valence-electron chi connectivity index (χ1n) is 9.20. The minimum atomic E-state index is -3.21. The highest BCUT2D eigenvalue weighted by Crippen LogP contribution is 2.65. The van der Waals surface area contributed by atoms with Gasteiger partial charge in [-0.2, -0.15) is 0 Å². The van der Waals surface area contributed by atoms with E-state index in [0.29, 0.717) is 36.3 Å². The van der Waals surface area contributed by atoms with Gasteiger partial charge in [0, 0.05) is 24.3 Å². The Kier molecular flexibility index (Phi) is 6.85. The summed E-state index contributed by atoms with van der Waals surface area (Å²) in [5.41, 5.74) is 0.394. The summed E-state index contributed by atoms with van der Waals surface area (Å²) in [5, 5.41) is 11.0. The van der Waals surface area contributed by atoms with Crippen molar-refractivity contribution in [2.75, 3.05) is 18.3 Å². The SMILES string of the molecule is Cn1c(COP(=O)(C(CCCl)C2CC2)N(CCCl)C2CC2)cnc1[N+](=O)[O-]. The topological polar surface area (TPSA) is 90.5 Å². The number of halogens is 2. The number of nitrogens with zero attached hydrogens (tertiary/aromatic N) is 4. The molecule has 2 atom stereocenters. The maximum Gasteiger partial charge on any atom is 0.434 e. The molecule has 1 heterocycles. The Morgan fingerprint density at radius 3 is 2.59 bits per heavy atom. The second-order valence-electron chi connectivity index (χ2n) is 7.17. The summed E-state index contributed by atoms with van der Waals surface area (Å²) in [6.45, 7) is 0.506. The van der Waals surface area contributed by atoms with E-state index >= 15 is 0 Å². The largest absolute Gasteiger partial charge is 0.434 e. The molecule has 2 unspecified atom stereocenters. The minimum absolute atomic E-state index is 0.00558. The second-order valence-corrected chi connectivity index (χ2v) is 10.5. The van der Waals surface area contributed by atoms with Crippen LogP contribution < -0.4 is 0 Å². The molecule has 0 amide bonds. The molecule has 2 fully saturated rings. The molecule has 0 aromatic carbocycles. The van der Waals surface area contributed by atoms with Gasteiger partial charge in [0.15, 0.2) is 0 Å². The summed E-state index contributed by atoms with van der Waals surface area (Å²) in [4.78, 5) is 14.3. The third-order valence-electron chi connectivity index (χ3n) is 5.25. The number of nitro groups is 1. The van der Waals surface area contributed by atoms with E-state index in [4.69, 9.17) is 27.7 Å². The molecule has 152 valence electrons. The molecule has 0 spiro atoms. The number of rotatable bonds is 12. The minimum Gasteiger partial charge on any atom is -0.390 e. The van der Waals surface area contributed by atoms with Gasteiger partial charge in [-0.25, -0.2) is 9.24 Å². The van der Waals surface area contributed by atoms with E-state index in [-0.39, 0.29) is 24.3 Å². The van der Waals surface area contributed by atoms with Crippen molar-refractivity contribution in [3.63, 3.8) is 0 Å². The standard InChI is InChI=1S/C16H25Cl2N4O4P/c1-20-14(10-19-16(20)22(23)24)11-26-27(25,15(6-7-17)12-2-3-12)21(9-8-18)13-4-5-13/h10,12-13,15H,2-9,11H2,1H3. The van der Waals surface area contributed by atoms with Crippen LogP contribution in [0.5, 0.6) is 0 Å². The number of hydrogen-bond acceptors (Lipinski definition) is 5. The van der Waals surface area contributed by atoms with Crippen molar-refractivity contribution < 1.29 is 14.0 Å². The fraction of sp³-hybridized carbons (Fsp3) is 0.812. The number of hydrogen-bond donors (Lipinski definition) is 0. The molecule has 3 rings (SSSR count). The third-order valence-corrected chi connectivity index (χ3v) is 8.90. The van der Waals surface area contributed by atoms with Gasteiger partial charge in [-0.3, -0.25) is 4.57 Å². The van der Waals surface area contributed by atoms with E-state index in [2.05, 4.69) is 4.98 Å². The fourth-order valence-corrected chi connectivity index (χ4v) is 7.60. The molecule has 11 heteroatoms. The van der Waals surface area contributed by atoms with Crippen LogP contribution in [0.25, 0.3) is 0 Å². The number of imidazole rings is 1. The zero-order chi connectivity index (χ0) is 19.6. The second kappa shape index (κ2) is 8.78. The highest BCUT2D eigenvalue weighted by molar-refractivity contribution is 7.57. The first-order chi connectivity index (χ1) is 12.9. The molecule has 0 saturated heterocycles. The lowest BCUT2D eigenvalue weighted by atomic mass is 10.2. The molecule has 0 bridgehead atoms. The zero-order valence-electron chi connectivity index (χ0n) is 15.3. The third kappa shape index (κ3) is 4.67. The lowest BCUT2D eigenvalue weighted by Crippen LogP contribution is -2.33. The fourth-order valence-electron chi connectivity index (χ4n) is 3.52. The zero-order valence-corrected chi connectivity index (χ0v) is 17.7. The van der Waals surface area contributed by atoms with Crippen LogP contribution in [-0.2, 0) is 22.7 Å². The van der Waals surface area contributed by atoms with Crippen LogP contribution in [0.15, 0.2) is 6.20 Å². The van der Waals surface area contributed by atoms with Gasteiger partial charge in [0.05, 0.1) is 12.7 Å². The molecular formula is C16H25Cl2N4O4P. The average Bonchev–Trinajstić information content (AvgIpc) is 3.54. The van der Waals surface area contributed by atoms with Crippen LogP contribution >= 0.6 is 30.7 Å². The van der Waals surface area contributed by atoms with Crippen molar-refractivity contribution in [3.05, 3.63) is 22.0 Å². The van der Waals surface area contributed by atoms with Crippen LogP contribution in [0.4, 0.5) is 5.95 Å². The summed E-state index contributed by atoms with van der Waals surface area (Å²) in [6.07, 6.45) is 6.07. The Labute approximate surface area is 168 Å². The monoisotopic (exact) mass is 438 g/mol. The molecule has 27 heavy (non-hydrogen) atoms. The predicted octanol–water partition coefficient (Wildman–Crippen LogP) is 4.15. The van der Waals surface area contributed by atoms with E-state index < -0.39 is 12.4 Å². The van der Waals surface area contributed by atoms with Gasteiger partial charge in [-0.15, -0.1) is 23.2 Å². The Morgan fingerprint density at radius 1 is 1.41 bits per heavy atom. The Morgan fingerprint density at radius 2 is 2.11 bits per heavy atom. The molecule has 8 nitrogen and oxygen atoms in total. The van der Waals surface area contributed by atoms with E-state index in [9.17, 15) is 14.7 Å². The van der Waals surface area contributed by atoms with E-state index in [0.717, 1.165) is 25.7 Å². The first-order valence-corrected chi connectivity index (χ1v) is 11.9. The lowest BCUT2D eigenvalue weighted by molar-refractivity contribution is -0.396. The molecule has 1 aromatic heterocycles. The highest BCUT2D eigenvalue weighted by Gasteiger charge is 2.51. The first kappa shape index (κ1) is 21.1. The van der Waals surface area contributed by atoms with Crippen LogP contribution in [0.2, 0.25) is 0 Å². The molecule has 0 N–H and O–H groups in total. The van der Waals surface area contributed by atoms with Crippen molar-refractivity contribution >= 4 is 36.7 Å². The normalized spacial score (nSPS) is 20.6. The van der Waals surface area contributed by atoms with Gasteiger partial charge < -0.3 is 14.6 Å². The van der Waals surface area contributed by atoms with Gasteiger partial charge in [0.2, 0.25) is 0 Å². The number of aromatic nitrogens is 2. The van der Waals surface area contributed by atoms with Crippen molar-refractivity contribution in [1.82, 2.24) is 14.2 Å². The molecular weight excluding hydrogens is 414 g/mol. The maximum absolute atomic E-state index is 14.2. The summed E-state index contributed by atoms with van der Waals surface area (Å²) in [7, 11) is -1.65. The van der Waals surface area contributed by atoms with Gasteiger partial charge in [-0.1, -0.05) is 4.98 Å². The lowest BCUT2D eigenvalue weighted by Gasteiger charge is -2.36. The van der Waals surface area contributed by atoms with Crippen LogP contribution in [0.1, 0.15) is 37.8 Å². The van der Waals surface area contributed by atoms with Crippen molar-refractivity contribution in [3.8, 4) is 0 Å². The summed E-state index contributed by atoms with van der Waals surface area (Å²) >= 11 is 12.0. The molecule has 0 radical (unpaired) electrons. The van der Waals surface area contributed by atoms with Gasteiger partial charge in [-0.05, 0) is 42.9 Å². The average molecular weight is 439 g/mol. The van der Waals surface area contributed by atoms with Crippen molar-refractivity contribution in [2.45, 2.75) is 50.4 Å². The smallest absolute Gasteiger partial charge is 0.390 e. The summed E-state index contributed by atoms with van der Waals surface area (Å²) < 4.78 is 23.6. The maximum atomic E-state index is 14.2. The van der Waals surface area contributed by atoms with Crippen molar-refractivity contribution in [2.24, 2.45) is 13.0 Å². The van der Waals surface area contributed by atoms with E-state index in [1.807, 2.05) is 4.67 Å². The van der Waals surface area contributed by atoms with E-state index in [1.54, 1.807) is 7.05 Å². The molecule has 2 aliphatic rings. The predicted molar refractivity (Wildman–Crippen MR) is 105 cm³/mol. The van der Waals surface area contributed by atoms with Crippen LogP contribution in [0.3, 0.4) is 0 Å². The molecule has 1 aromatic rings. The molecule has 2 saturated carbocycles. The quantitative estimate of drug-likeness (QED) is 0.210. The van der Waals surface area contributed by atoms with Crippen molar-refractivity contribution in [1.29, 1.82) is 0 Å². The van der Waals surface area contributed by atoms with E-state index in [1.165, 1.54) is 10.8 Å². The summed E-state index contributed by atoms with van der Waals surface area (Å²) in [6, 6.07) is 0.229. The Bertz CT molecular complexity index is 697. The summed E-state index contributed by atoms with van der Waals surface area (Å²) in [5.74, 6) is 0.888.